The van der Waals surface area contributed by atoms with Crippen LogP contribution in [0.15, 0.2) is 53.6 Å². The highest BCUT2D eigenvalue weighted by atomic mass is 19.1. The van der Waals surface area contributed by atoms with E-state index in [1.165, 1.54) is 42.6 Å². The van der Waals surface area contributed by atoms with Gasteiger partial charge in [0.05, 0.1) is 18.3 Å². The van der Waals surface area contributed by atoms with E-state index in [0.717, 1.165) is 12.1 Å². The molecule has 0 aliphatic carbocycles. The topological polar surface area (TPSA) is 108 Å². The summed E-state index contributed by atoms with van der Waals surface area (Å²) in [6.45, 7) is -0.300. The van der Waals surface area contributed by atoms with Gasteiger partial charge in [0.25, 0.3) is 11.8 Å². The van der Waals surface area contributed by atoms with Gasteiger partial charge in [-0.15, -0.1) is 0 Å². The zero-order chi connectivity index (χ0) is 18.2. The lowest BCUT2D eigenvalue weighted by molar-refractivity contribution is -0.120. The van der Waals surface area contributed by atoms with Crippen molar-refractivity contribution in [2.45, 2.75) is 0 Å². The monoisotopic (exact) mass is 343 g/mol. The van der Waals surface area contributed by atoms with Crippen molar-refractivity contribution >= 4 is 24.0 Å². The van der Waals surface area contributed by atoms with Gasteiger partial charge in [-0.3, -0.25) is 9.59 Å². The molecule has 0 fully saturated rings. The van der Waals surface area contributed by atoms with Crippen LogP contribution in [0.3, 0.4) is 0 Å². The summed E-state index contributed by atoms with van der Waals surface area (Å²) in [5, 5.41) is 14.9. The third kappa shape index (κ3) is 5.54. The Bertz CT molecular complexity index is 802. The maximum absolute atomic E-state index is 12.8. The molecule has 0 aliphatic heterocycles. The van der Waals surface area contributed by atoms with Crippen LogP contribution in [-0.2, 0) is 4.79 Å². The molecule has 2 rings (SSSR count). The molecule has 2 aromatic carbocycles. The van der Waals surface area contributed by atoms with Crippen molar-refractivity contribution in [3.05, 3.63) is 71.0 Å². The lowest BCUT2D eigenvalue weighted by Gasteiger charge is -2.04. The number of carbonyl (C=O) groups excluding carboxylic acids is 2. The standard InChI is InChI=1S/C17H14FN3O4/c18-14-7-5-12(6-8-14)16(23)19-10-15(22)21-20-9-11-1-3-13(4-2-11)17(24)25/h1-9H,10H2,(H,19,23)(H,21,22)(H,24,25)/b20-9-. The molecule has 0 bridgehead atoms. The van der Waals surface area contributed by atoms with Crippen LogP contribution < -0.4 is 10.7 Å². The van der Waals surface area contributed by atoms with Crippen LogP contribution in [0.25, 0.3) is 0 Å². The fourth-order valence-electron chi connectivity index (χ4n) is 1.79. The maximum atomic E-state index is 12.8. The van der Waals surface area contributed by atoms with Crippen LogP contribution in [0.1, 0.15) is 26.3 Å². The van der Waals surface area contributed by atoms with Crippen molar-refractivity contribution in [3.8, 4) is 0 Å². The summed E-state index contributed by atoms with van der Waals surface area (Å²) >= 11 is 0. The van der Waals surface area contributed by atoms with Gasteiger partial charge < -0.3 is 10.4 Å². The Balaban J connectivity index is 1.79. The molecule has 25 heavy (non-hydrogen) atoms. The molecule has 7 nitrogen and oxygen atoms in total. The number of amides is 2. The number of hydrogen-bond acceptors (Lipinski definition) is 4. The van der Waals surface area contributed by atoms with Gasteiger partial charge in [0.2, 0.25) is 0 Å². The Morgan fingerprint density at radius 1 is 1.00 bits per heavy atom. The number of rotatable bonds is 6. The van der Waals surface area contributed by atoms with E-state index < -0.39 is 23.6 Å². The maximum Gasteiger partial charge on any atom is 0.335 e. The van der Waals surface area contributed by atoms with Gasteiger partial charge in [-0.2, -0.15) is 5.10 Å². The minimum atomic E-state index is -1.03. The Morgan fingerprint density at radius 3 is 2.20 bits per heavy atom. The molecule has 0 saturated heterocycles. The molecule has 0 unspecified atom stereocenters. The quantitative estimate of drug-likeness (QED) is 0.544. The molecule has 128 valence electrons. The number of hydrogen-bond donors (Lipinski definition) is 3. The number of carbonyl (C=O) groups is 3. The Morgan fingerprint density at radius 2 is 1.60 bits per heavy atom. The molecule has 8 heteroatoms. The third-order valence-corrected chi connectivity index (χ3v) is 3.08. The van der Waals surface area contributed by atoms with Crippen molar-refractivity contribution in [1.29, 1.82) is 0 Å². The van der Waals surface area contributed by atoms with E-state index in [1.54, 1.807) is 0 Å². The first-order chi connectivity index (χ1) is 12.0. The summed E-state index contributed by atoms with van der Waals surface area (Å²) in [6, 6.07) is 10.8. The van der Waals surface area contributed by atoms with Crippen molar-refractivity contribution in [2.75, 3.05) is 6.54 Å². The predicted octanol–water partition coefficient (Wildman–Crippen LogP) is 1.40. The molecular weight excluding hydrogens is 329 g/mol. The number of nitrogens with one attached hydrogen (secondary N) is 2. The Hall–Kier alpha value is -3.55. The van der Waals surface area contributed by atoms with Crippen molar-refractivity contribution in [1.82, 2.24) is 10.7 Å². The molecule has 0 heterocycles. The number of benzene rings is 2. The molecular formula is C17H14FN3O4. The van der Waals surface area contributed by atoms with Gasteiger partial charge in [-0.05, 0) is 42.0 Å². The lowest BCUT2D eigenvalue weighted by Crippen LogP contribution is -2.34. The van der Waals surface area contributed by atoms with E-state index in [2.05, 4.69) is 15.8 Å². The number of nitrogens with zero attached hydrogens (tertiary/aromatic N) is 1. The highest BCUT2D eigenvalue weighted by Gasteiger charge is 2.07. The summed E-state index contributed by atoms with van der Waals surface area (Å²) in [7, 11) is 0. The van der Waals surface area contributed by atoms with Crippen LogP contribution in [0, 0.1) is 5.82 Å². The molecule has 0 spiro atoms. The van der Waals surface area contributed by atoms with Crippen LogP contribution in [0.2, 0.25) is 0 Å². The van der Waals surface area contributed by atoms with Gasteiger partial charge in [0, 0.05) is 5.56 Å². The first kappa shape index (κ1) is 17.8. The zero-order valence-corrected chi connectivity index (χ0v) is 12.9. The average molecular weight is 343 g/mol. The van der Waals surface area contributed by atoms with Gasteiger partial charge in [-0.25, -0.2) is 14.6 Å². The number of carboxylic acid groups (broad SMARTS) is 1. The van der Waals surface area contributed by atoms with Crippen molar-refractivity contribution in [2.24, 2.45) is 5.10 Å². The highest BCUT2D eigenvalue weighted by Crippen LogP contribution is 2.03. The normalized spacial score (nSPS) is 10.4. The van der Waals surface area contributed by atoms with E-state index in [-0.39, 0.29) is 17.7 Å². The SMILES string of the molecule is O=C(CNC(=O)c1ccc(F)cc1)N/N=C\c1ccc(C(=O)O)cc1. The van der Waals surface area contributed by atoms with E-state index in [0.29, 0.717) is 5.56 Å². The second-order valence-electron chi connectivity index (χ2n) is 4.91. The molecule has 0 aromatic heterocycles. The minimum Gasteiger partial charge on any atom is -0.478 e. The van der Waals surface area contributed by atoms with E-state index in [1.807, 2.05) is 0 Å². The van der Waals surface area contributed by atoms with Gasteiger partial charge in [0.1, 0.15) is 5.82 Å². The molecule has 2 amide bonds. The van der Waals surface area contributed by atoms with E-state index in [4.69, 9.17) is 5.11 Å². The molecule has 3 N–H and O–H groups in total. The van der Waals surface area contributed by atoms with Crippen molar-refractivity contribution < 1.29 is 23.9 Å². The summed E-state index contributed by atoms with van der Waals surface area (Å²) in [5.74, 6) is -2.55. The summed E-state index contributed by atoms with van der Waals surface area (Å²) in [6.07, 6.45) is 1.34. The number of halogens is 1. The van der Waals surface area contributed by atoms with Gasteiger partial charge >= 0.3 is 5.97 Å². The van der Waals surface area contributed by atoms with Gasteiger partial charge in [-0.1, -0.05) is 12.1 Å². The van der Waals surface area contributed by atoms with Crippen LogP contribution in [-0.4, -0.2) is 35.6 Å². The number of hydrazone groups is 1. The van der Waals surface area contributed by atoms with E-state index >= 15 is 0 Å². The second-order valence-corrected chi connectivity index (χ2v) is 4.91. The minimum absolute atomic E-state index is 0.143. The zero-order valence-electron chi connectivity index (χ0n) is 12.9. The number of aromatic carboxylic acids is 1. The van der Waals surface area contributed by atoms with Crippen LogP contribution in [0.4, 0.5) is 4.39 Å². The predicted molar refractivity (Wildman–Crippen MR) is 87.9 cm³/mol. The van der Waals surface area contributed by atoms with E-state index in [9.17, 15) is 18.8 Å². The first-order valence-corrected chi connectivity index (χ1v) is 7.15. The average Bonchev–Trinajstić information content (AvgIpc) is 2.60. The Kier molecular flexibility index (Phi) is 5.94. The molecule has 0 saturated carbocycles. The molecule has 2 aromatic rings. The number of carboxylic acids is 1. The Labute approximate surface area is 142 Å². The van der Waals surface area contributed by atoms with Crippen molar-refractivity contribution in [3.63, 3.8) is 0 Å². The molecule has 0 aliphatic rings. The molecule has 0 atom stereocenters. The van der Waals surface area contributed by atoms with Crippen LogP contribution in [0.5, 0.6) is 0 Å². The largest absolute Gasteiger partial charge is 0.478 e. The lowest BCUT2D eigenvalue weighted by atomic mass is 10.1. The molecule has 0 radical (unpaired) electrons. The fraction of sp³-hybridized carbons (Fsp3) is 0.0588. The van der Waals surface area contributed by atoms with Gasteiger partial charge in [0.15, 0.2) is 0 Å². The highest BCUT2D eigenvalue weighted by molar-refractivity contribution is 5.96. The summed E-state index contributed by atoms with van der Waals surface area (Å²) in [5.41, 5.74) is 3.20. The first-order valence-electron chi connectivity index (χ1n) is 7.15. The smallest absolute Gasteiger partial charge is 0.335 e. The van der Waals surface area contributed by atoms with Crippen LogP contribution >= 0.6 is 0 Å². The summed E-state index contributed by atoms with van der Waals surface area (Å²) < 4.78 is 12.8. The fourth-order valence-corrected chi connectivity index (χ4v) is 1.79. The second kappa shape index (κ2) is 8.34. The third-order valence-electron chi connectivity index (χ3n) is 3.08. The summed E-state index contributed by atoms with van der Waals surface area (Å²) in [4.78, 5) is 34.0.